The summed E-state index contributed by atoms with van der Waals surface area (Å²) in [4.78, 5) is 32.2. The number of nitrogens with one attached hydrogen (secondary N) is 1. The van der Waals surface area contributed by atoms with Crippen molar-refractivity contribution in [3.63, 3.8) is 0 Å². The number of fused-ring (bicyclic) bond motifs is 3. The van der Waals surface area contributed by atoms with Gasteiger partial charge in [0.25, 0.3) is 0 Å². The first kappa shape index (κ1) is 23.8. The fourth-order valence-electron chi connectivity index (χ4n) is 3.56. The zero-order valence-electron chi connectivity index (χ0n) is 18.0. The van der Waals surface area contributed by atoms with Crippen molar-refractivity contribution in [3.8, 4) is 0 Å². The molecule has 7 nitrogen and oxygen atoms in total. The fourth-order valence-corrected chi connectivity index (χ4v) is 5.07. The molecule has 168 valence electrons. The second kappa shape index (κ2) is 11.7. The molecule has 0 aliphatic carbocycles. The van der Waals surface area contributed by atoms with Gasteiger partial charge in [0.05, 0.1) is 5.71 Å². The van der Waals surface area contributed by atoms with Gasteiger partial charge in [-0.25, -0.2) is 4.99 Å². The van der Waals surface area contributed by atoms with Crippen molar-refractivity contribution in [1.82, 2.24) is 10.2 Å². The van der Waals surface area contributed by atoms with E-state index in [1.807, 2.05) is 38.1 Å². The Labute approximate surface area is 192 Å². The second-order valence-electron chi connectivity index (χ2n) is 7.20. The number of carbonyl (C=O) groups is 2. The summed E-state index contributed by atoms with van der Waals surface area (Å²) in [5.41, 5.74) is 1.77. The Morgan fingerprint density at radius 2 is 2.00 bits per heavy atom. The lowest BCUT2D eigenvalue weighted by Gasteiger charge is -2.28. The number of hydrogen-bond donors (Lipinski definition) is 1. The van der Waals surface area contributed by atoms with Crippen molar-refractivity contribution in [1.29, 1.82) is 0 Å². The minimum Gasteiger partial charge on any atom is -0.356 e. The topological polar surface area (TPSA) is 80.2 Å². The van der Waals surface area contributed by atoms with Gasteiger partial charge in [0.15, 0.2) is 6.29 Å². The summed E-state index contributed by atoms with van der Waals surface area (Å²) in [5.74, 6) is -0.0278. The van der Waals surface area contributed by atoms with Gasteiger partial charge >= 0.3 is 0 Å². The smallest absolute Gasteiger partial charge is 0.248 e. The van der Waals surface area contributed by atoms with Crippen molar-refractivity contribution < 1.29 is 19.1 Å². The molecule has 0 saturated heterocycles. The molecular weight excluding hydrogens is 434 g/mol. The maximum Gasteiger partial charge on any atom is 0.248 e. The number of hydrogen-bond acceptors (Lipinski definition) is 6. The first-order chi connectivity index (χ1) is 15.0. The number of unbranched alkanes of at least 4 members (excludes halogenated alkanes) is 1. The number of benzene rings is 1. The highest BCUT2D eigenvalue weighted by Crippen LogP contribution is 2.40. The molecule has 0 bridgehead atoms. The third kappa shape index (κ3) is 6.12. The number of rotatable bonds is 12. The Balaban J connectivity index is 1.39. The van der Waals surface area contributed by atoms with Crippen LogP contribution in [-0.4, -0.2) is 65.4 Å². The molecule has 2 amide bonds. The summed E-state index contributed by atoms with van der Waals surface area (Å²) >= 11 is 6.92. The molecule has 0 spiro atoms. The fraction of sp³-hybridized carbons (Fsp3) is 0.545. The molecule has 31 heavy (non-hydrogen) atoms. The highest BCUT2D eigenvalue weighted by atomic mass is 32.2. The Kier molecular flexibility index (Phi) is 9.01. The van der Waals surface area contributed by atoms with Crippen LogP contribution in [0.5, 0.6) is 0 Å². The van der Waals surface area contributed by atoms with Gasteiger partial charge in [-0.1, -0.05) is 18.2 Å². The van der Waals surface area contributed by atoms with Crippen LogP contribution in [0.1, 0.15) is 45.1 Å². The molecule has 3 rings (SSSR count). The Bertz CT molecular complexity index is 840. The zero-order chi connectivity index (χ0) is 22.2. The van der Waals surface area contributed by atoms with E-state index in [1.165, 1.54) is 11.8 Å². The van der Waals surface area contributed by atoms with Crippen molar-refractivity contribution >= 4 is 46.6 Å². The third-order valence-corrected chi connectivity index (χ3v) is 6.62. The SMILES string of the molecule is CCOC(CCNC(=O)CCCCN1C(=O)C2Sc3ccccc3C2=NC1=S)OCC. The van der Waals surface area contributed by atoms with Crippen LogP contribution in [0.2, 0.25) is 0 Å². The second-order valence-corrected chi connectivity index (χ2v) is 8.71. The van der Waals surface area contributed by atoms with E-state index >= 15 is 0 Å². The first-order valence-corrected chi connectivity index (χ1v) is 12.0. The minimum atomic E-state index is -0.323. The molecule has 9 heteroatoms. The van der Waals surface area contributed by atoms with Gasteiger partial charge in [-0.15, -0.1) is 11.8 Å². The first-order valence-electron chi connectivity index (χ1n) is 10.7. The lowest BCUT2D eigenvalue weighted by Crippen LogP contribution is -2.47. The number of ether oxygens (including phenoxy) is 2. The molecule has 1 N–H and O–H groups in total. The van der Waals surface area contributed by atoms with E-state index < -0.39 is 0 Å². The van der Waals surface area contributed by atoms with Crippen LogP contribution in [0.4, 0.5) is 0 Å². The van der Waals surface area contributed by atoms with E-state index in [9.17, 15) is 9.59 Å². The quantitative estimate of drug-likeness (QED) is 0.291. The van der Waals surface area contributed by atoms with Gasteiger partial charge in [-0.05, 0) is 45.0 Å². The molecule has 2 heterocycles. The zero-order valence-corrected chi connectivity index (χ0v) is 19.6. The maximum atomic E-state index is 13.0. The van der Waals surface area contributed by atoms with Crippen molar-refractivity contribution in [2.45, 2.75) is 56.0 Å². The standard InChI is InChI=1S/C22H29N3O4S2/c1-3-28-18(29-4-2)12-13-23-17(26)11-7-8-14-25-21(27)20-19(24-22(25)30)15-9-5-6-10-16(15)31-20/h5-6,9-10,18,20H,3-4,7-8,11-14H2,1-2H3,(H,23,26). The predicted octanol–water partition coefficient (Wildman–Crippen LogP) is 3.15. The van der Waals surface area contributed by atoms with Gasteiger partial charge in [0.1, 0.15) is 5.25 Å². The number of amides is 2. The lowest BCUT2D eigenvalue weighted by atomic mass is 10.1. The summed E-state index contributed by atoms with van der Waals surface area (Å²) in [6, 6.07) is 7.90. The molecule has 0 saturated carbocycles. The average molecular weight is 464 g/mol. The van der Waals surface area contributed by atoms with Crippen LogP contribution < -0.4 is 5.32 Å². The third-order valence-electron chi connectivity index (χ3n) is 5.04. The van der Waals surface area contributed by atoms with E-state index in [0.29, 0.717) is 57.1 Å². The monoisotopic (exact) mass is 463 g/mol. The van der Waals surface area contributed by atoms with Gasteiger partial charge in [-0.3, -0.25) is 14.5 Å². The van der Waals surface area contributed by atoms with Crippen molar-refractivity contribution in [3.05, 3.63) is 29.8 Å². The molecule has 0 fully saturated rings. The molecule has 0 radical (unpaired) electrons. The molecule has 1 unspecified atom stereocenters. The maximum absolute atomic E-state index is 13.0. The van der Waals surface area contributed by atoms with Gasteiger partial charge < -0.3 is 14.8 Å². The summed E-state index contributed by atoms with van der Waals surface area (Å²) in [6.07, 6.45) is 2.10. The molecule has 0 aromatic heterocycles. The lowest BCUT2D eigenvalue weighted by molar-refractivity contribution is -0.139. The van der Waals surface area contributed by atoms with E-state index in [4.69, 9.17) is 21.7 Å². The largest absolute Gasteiger partial charge is 0.356 e. The van der Waals surface area contributed by atoms with Crippen LogP contribution >= 0.6 is 24.0 Å². The van der Waals surface area contributed by atoms with E-state index in [1.54, 1.807) is 4.90 Å². The molecule has 2 aliphatic rings. The highest BCUT2D eigenvalue weighted by molar-refractivity contribution is 8.02. The number of aliphatic imine (C=N–C) groups is 1. The van der Waals surface area contributed by atoms with Crippen molar-refractivity contribution in [2.24, 2.45) is 4.99 Å². The average Bonchev–Trinajstić information content (AvgIpc) is 3.12. The normalized spacial score (nSPS) is 17.6. The van der Waals surface area contributed by atoms with Crippen LogP contribution in [0.25, 0.3) is 0 Å². The van der Waals surface area contributed by atoms with Gasteiger partial charge in [0, 0.05) is 49.6 Å². The van der Waals surface area contributed by atoms with Crippen LogP contribution in [0, 0.1) is 0 Å². The Morgan fingerprint density at radius 3 is 2.74 bits per heavy atom. The molecule has 1 aromatic rings. The highest BCUT2D eigenvalue weighted by Gasteiger charge is 2.41. The van der Waals surface area contributed by atoms with E-state index in [0.717, 1.165) is 16.2 Å². The Hall–Kier alpha value is -1.81. The molecule has 1 aromatic carbocycles. The molecular formula is C22H29N3O4S2. The van der Waals surface area contributed by atoms with Crippen LogP contribution in [0.3, 0.4) is 0 Å². The van der Waals surface area contributed by atoms with Gasteiger partial charge in [-0.2, -0.15) is 0 Å². The molecule has 1 atom stereocenters. The predicted molar refractivity (Wildman–Crippen MR) is 125 cm³/mol. The Morgan fingerprint density at radius 1 is 1.26 bits per heavy atom. The molecule has 2 aliphatic heterocycles. The summed E-state index contributed by atoms with van der Waals surface area (Å²) < 4.78 is 10.9. The summed E-state index contributed by atoms with van der Waals surface area (Å²) in [7, 11) is 0. The number of carbonyl (C=O) groups excluding carboxylic acids is 2. The van der Waals surface area contributed by atoms with E-state index in [-0.39, 0.29) is 23.4 Å². The van der Waals surface area contributed by atoms with Crippen LogP contribution in [-0.2, 0) is 19.1 Å². The number of nitrogens with zero attached hydrogens (tertiary/aromatic N) is 2. The minimum absolute atomic E-state index is 0.0126. The van der Waals surface area contributed by atoms with Crippen molar-refractivity contribution in [2.75, 3.05) is 26.3 Å². The number of thioether (sulfide) groups is 1. The summed E-state index contributed by atoms with van der Waals surface area (Å²) in [5, 5.41) is 2.89. The van der Waals surface area contributed by atoms with Gasteiger partial charge in [0.2, 0.25) is 16.9 Å². The van der Waals surface area contributed by atoms with Crippen LogP contribution in [0.15, 0.2) is 34.2 Å². The van der Waals surface area contributed by atoms with E-state index in [2.05, 4.69) is 10.3 Å². The number of thiocarbonyl (C=S) groups is 1. The summed E-state index contributed by atoms with van der Waals surface area (Å²) in [6.45, 7) is 5.97.